The highest BCUT2D eigenvalue weighted by molar-refractivity contribution is 14.1. The maximum Gasteiger partial charge on any atom is 0.293 e. The van der Waals surface area contributed by atoms with Crippen molar-refractivity contribution in [3.05, 3.63) is 67.3 Å². The Morgan fingerprint density at radius 1 is 1.24 bits per heavy atom. The number of hydrogen-bond acceptors (Lipinski definition) is 3. The van der Waals surface area contributed by atoms with E-state index in [0.717, 1.165) is 15.6 Å². The van der Waals surface area contributed by atoms with Gasteiger partial charge in [-0.1, -0.05) is 31.2 Å². The van der Waals surface area contributed by atoms with Gasteiger partial charge >= 0.3 is 0 Å². The monoisotopic (exact) mass is 396 g/mol. The predicted octanol–water partition coefficient (Wildman–Crippen LogP) is 4.93. The first-order chi connectivity index (χ1) is 10.0. The van der Waals surface area contributed by atoms with Gasteiger partial charge in [-0.25, -0.2) is 0 Å². The molecule has 0 fully saturated rings. The second kappa shape index (κ2) is 6.89. The fourth-order valence-electron chi connectivity index (χ4n) is 2.14. The topological polar surface area (TPSA) is 55.2 Å². The van der Waals surface area contributed by atoms with E-state index in [9.17, 15) is 10.1 Å². The van der Waals surface area contributed by atoms with Gasteiger partial charge in [-0.2, -0.15) is 0 Å². The summed E-state index contributed by atoms with van der Waals surface area (Å²) in [5, 5.41) is 14.4. The summed E-state index contributed by atoms with van der Waals surface area (Å²) in [6.07, 6.45) is 1.00. The van der Waals surface area contributed by atoms with Gasteiger partial charge in [-0.15, -0.1) is 0 Å². The van der Waals surface area contributed by atoms with Crippen LogP contribution >= 0.6 is 22.6 Å². The summed E-state index contributed by atoms with van der Waals surface area (Å²) in [6.45, 7) is 4.12. The van der Waals surface area contributed by atoms with Gasteiger partial charge in [0.2, 0.25) is 0 Å². The van der Waals surface area contributed by atoms with Crippen LogP contribution in [0.25, 0.3) is 0 Å². The molecule has 1 unspecified atom stereocenters. The minimum atomic E-state index is -0.350. The summed E-state index contributed by atoms with van der Waals surface area (Å²) < 4.78 is 0.852. The van der Waals surface area contributed by atoms with E-state index in [1.165, 1.54) is 5.56 Å². The maximum atomic E-state index is 11.1. The van der Waals surface area contributed by atoms with Crippen molar-refractivity contribution in [2.24, 2.45) is 0 Å². The lowest BCUT2D eigenvalue weighted by molar-refractivity contribution is -0.384. The average Bonchev–Trinajstić information content (AvgIpc) is 2.49. The Bertz CT molecular complexity index is 641. The van der Waals surface area contributed by atoms with Gasteiger partial charge in [0.05, 0.1) is 4.92 Å². The highest BCUT2D eigenvalue weighted by atomic mass is 127. The predicted molar refractivity (Wildman–Crippen MR) is 93.7 cm³/mol. The van der Waals surface area contributed by atoms with Crippen molar-refractivity contribution < 1.29 is 4.92 Å². The van der Waals surface area contributed by atoms with E-state index in [0.29, 0.717) is 5.69 Å². The molecule has 0 heterocycles. The fourth-order valence-corrected chi connectivity index (χ4v) is 2.61. The lowest BCUT2D eigenvalue weighted by atomic mass is 10.0. The Labute approximate surface area is 137 Å². The molecule has 0 spiro atoms. The number of nitro benzene ring substituents is 1. The third kappa shape index (κ3) is 3.93. The molecule has 0 saturated heterocycles. The van der Waals surface area contributed by atoms with Crippen molar-refractivity contribution in [1.29, 1.82) is 0 Å². The van der Waals surface area contributed by atoms with Gasteiger partial charge in [-0.3, -0.25) is 10.1 Å². The third-order valence-electron chi connectivity index (χ3n) is 3.42. The molecular formula is C16H17IN2O2. The van der Waals surface area contributed by atoms with Crippen LogP contribution in [-0.4, -0.2) is 4.92 Å². The number of aryl methyl sites for hydroxylation is 1. The first-order valence-electron chi connectivity index (χ1n) is 6.80. The Morgan fingerprint density at radius 2 is 1.90 bits per heavy atom. The van der Waals surface area contributed by atoms with E-state index in [2.05, 4.69) is 59.1 Å². The molecule has 4 nitrogen and oxygen atoms in total. The smallest absolute Gasteiger partial charge is 0.293 e. The van der Waals surface area contributed by atoms with Crippen LogP contribution in [0, 0.1) is 13.7 Å². The van der Waals surface area contributed by atoms with Crippen molar-refractivity contribution in [3.63, 3.8) is 0 Å². The molecule has 1 atom stereocenters. The van der Waals surface area contributed by atoms with Crippen LogP contribution < -0.4 is 5.32 Å². The lowest BCUT2D eigenvalue weighted by Gasteiger charge is -2.16. The minimum Gasteiger partial charge on any atom is -0.373 e. The summed E-state index contributed by atoms with van der Waals surface area (Å²) in [7, 11) is 0. The average molecular weight is 396 g/mol. The minimum absolute atomic E-state index is 0.00895. The highest BCUT2D eigenvalue weighted by Gasteiger charge is 2.16. The van der Waals surface area contributed by atoms with Gasteiger partial charge in [0.15, 0.2) is 0 Å². The van der Waals surface area contributed by atoms with Crippen LogP contribution in [0.3, 0.4) is 0 Å². The molecule has 0 amide bonds. The van der Waals surface area contributed by atoms with Crippen LogP contribution in [0.1, 0.15) is 31.0 Å². The molecule has 110 valence electrons. The van der Waals surface area contributed by atoms with Gasteiger partial charge in [-0.05, 0) is 59.2 Å². The molecule has 0 aromatic heterocycles. The largest absolute Gasteiger partial charge is 0.373 e. The van der Waals surface area contributed by atoms with Crippen molar-refractivity contribution in [3.8, 4) is 0 Å². The van der Waals surface area contributed by atoms with Crippen LogP contribution in [0.5, 0.6) is 0 Å². The summed E-state index contributed by atoms with van der Waals surface area (Å²) in [6, 6.07) is 13.5. The molecule has 21 heavy (non-hydrogen) atoms. The first kappa shape index (κ1) is 15.8. The van der Waals surface area contributed by atoms with E-state index < -0.39 is 0 Å². The van der Waals surface area contributed by atoms with E-state index in [1.54, 1.807) is 12.1 Å². The van der Waals surface area contributed by atoms with Crippen LogP contribution in [-0.2, 0) is 6.42 Å². The van der Waals surface area contributed by atoms with E-state index in [4.69, 9.17) is 0 Å². The molecule has 2 rings (SSSR count). The molecule has 0 aliphatic rings. The Morgan fingerprint density at radius 3 is 2.48 bits per heavy atom. The number of halogens is 1. The molecule has 2 aromatic carbocycles. The molecule has 0 bridgehead atoms. The fraction of sp³-hybridized carbons (Fsp3) is 0.250. The SMILES string of the molecule is CCc1ccc(C(C)Nc2ccc(I)cc2[N+](=O)[O-])cc1. The summed E-state index contributed by atoms with van der Waals surface area (Å²) >= 11 is 2.08. The van der Waals surface area contributed by atoms with E-state index in [1.807, 2.05) is 13.0 Å². The molecule has 2 aromatic rings. The molecule has 1 N–H and O–H groups in total. The van der Waals surface area contributed by atoms with Crippen LogP contribution in [0.15, 0.2) is 42.5 Å². The molecule has 0 aliphatic carbocycles. The van der Waals surface area contributed by atoms with Gasteiger partial charge in [0, 0.05) is 15.7 Å². The molecule has 0 aliphatic heterocycles. The summed E-state index contributed by atoms with van der Waals surface area (Å²) in [5.74, 6) is 0. The normalized spacial score (nSPS) is 12.0. The lowest BCUT2D eigenvalue weighted by Crippen LogP contribution is -2.08. The Hall–Kier alpha value is -1.63. The van der Waals surface area contributed by atoms with Gasteiger partial charge < -0.3 is 5.32 Å². The second-order valence-corrected chi connectivity index (χ2v) is 6.13. The van der Waals surface area contributed by atoms with Gasteiger partial charge in [0.25, 0.3) is 5.69 Å². The molecule has 5 heteroatoms. The van der Waals surface area contributed by atoms with Crippen molar-refractivity contribution in [2.45, 2.75) is 26.3 Å². The van der Waals surface area contributed by atoms with Crippen LogP contribution in [0.4, 0.5) is 11.4 Å². The number of nitro groups is 1. The van der Waals surface area contributed by atoms with Crippen molar-refractivity contribution in [2.75, 3.05) is 5.32 Å². The highest BCUT2D eigenvalue weighted by Crippen LogP contribution is 2.29. The molecule has 0 saturated carbocycles. The zero-order chi connectivity index (χ0) is 15.4. The maximum absolute atomic E-state index is 11.1. The standard InChI is InChI=1S/C16H17IN2O2/c1-3-12-4-6-13(7-5-12)11(2)18-15-9-8-14(17)10-16(15)19(20)21/h4-11,18H,3H2,1-2H3. The van der Waals surface area contributed by atoms with E-state index in [-0.39, 0.29) is 16.7 Å². The van der Waals surface area contributed by atoms with E-state index >= 15 is 0 Å². The Balaban J connectivity index is 2.22. The zero-order valence-corrected chi connectivity index (χ0v) is 14.1. The number of benzene rings is 2. The molecular weight excluding hydrogens is 379 g/mol. The Kier molecular flexibility index (Phi) is 5.17. The van der Waals surface area contributed by atoms with Crippen molar-refractivity contribution >= 4 is 34.0 Å². The molecule has 0 radical (unpaired) electrons. The van der Waals surface area contributed by atoms with Gasteiger partial charge in [0.1, 0.15) is 5.69 Å². The number of hydrogen-bond donors (Lipinski definition) is 1. The number of nitrogens with one attached hydrogen (secondary N) is 1. The van der Waals surface area contributed by atoms with Crippen LogP contribution in [0.2, 0.25) is 0 Å². The first-order valence-corrected chi connectivity index (χ1v) is 7.88. The summed E-state index contributed by atoms with van der Waals surface area (Å²) in [5.41, 5.74) is 3.05. The number of rotatable bonds is 5. The zero-order valence-electron chi connectivity index (χ0n) is 12.0. The summed E-state index contributed by atoms with van der Waals surface area (Å²) in [4.78, 5) is 10.8. The third-order valence-corrected chi connectivity index (χ3v) is 4.09. The number of anilines is 1. The van der Waals surface area contributed by atoms with Crippen molar-refractivity contribution in [1.82, 2.24) is 0 Å². The second-order valence-electron chi connectivity index (χ2n) is 4.88. The number of nitrogens with zero attached hydrogens (tertiary/aromatic N) is 1. The quantitative estimate of drug-likeness (QED) is 0.443.